The smallest absolute Gasteiger partial charge is 0.434 e. The third-order valence-electron chi connectivity index (χ3n) is 9.55. The third-order valence-corrected chi connectivity index (χ3v) is 11.8. The van der Waals surface area contributed by atoms with Crippen LogP contribution < -0.4 is 10.0 Å². The van der Waals surface area contributed by atoms with Crippen LogP contribution in [0.5, 0.6) is 0 Å². The minimum absolute atomic E-state index is 0.0380. The highest BCUT2D eigenvalue weighted by atomic mass is 32.2. The van der Waals surface area contributed by atoms with Gasteiger partial charge in [-0.25, -0.2) is 29.7 Å². The molecular weight excluding hydrogens is 845 g/mol. The number of hydrazine groups is 1. The number of nitrogens with zero attached hydrogens (tertiary/aromatic N) is 10. The van der Waals surface area contributed by atoms with Crippen LogP contribution in [0.15, 0.2) is 154 Å². The van der Waals surface area contributed by atoms with Crippen molar-refractivity contribution < 1.29 is 24.2 Å². The summed E-state index contributed by atoms with van der Waals surface area (Å²) < 4.78 is 9.78. The molecule has 0 atom stereocenters. The lowest BCUT2D eigenvalue weighted by atomic mass is 10.2. The Bertz CT molecular complexity index is 3010. The van der Waals surface area contributed by atoms with Crippen molar-refractivity contribution in [2.75, 3.05) is 10.0 Å². The van der Waals surface area contributed by atoms with E-state index in [4.69, 9.17) is 4.74 Å². The number of fused-ring (bicyclic) bond motifs is 2. The van der Waals surface area contributed by atoms with Gasteiger partial charge in [0.05, 0.1) is 55.1 Å². The van der Waals surface area contributed by atoms with Crippen molar-refractivity contribution in [2.45, 2.75) is 59.0 Å². The van der Waals surface area contributed by atoms with E-state index in [0.717, 1.165) is 31.9 Å². The molecular formula is C44H36N10O7S2. The number of hydrogen-bond donors (Lipinski definition) is 0. The molecule has 63 heavy (non-hydrogen) atoms. The molecule has 0 bridgehead atoms. The number of carbonyl (C=O) groups is 2. The Labute approximate surface area is 367 Å². The summed E-state index contributed by atoms with van der Waals surface area (Å²) in [5.41, 5.74) is 2.39. The molecule has 0 unspecified atom stereocenters. The topological polar surface area (TPSA) is 198 Å². The lowest BCUT2D eigenvalue weighted by molar-refractivity contribution is -0.387. The van der Waals surface area contributed by atoms with E-state index in [1.165, 1.54) is 48.3 Å². The maximum Gasteiger partial charge on any atom is 0.434 e. The second-order valence-corrected chi connectivity index (χ2v) is 17.2. The minimum Gasteiger partial charge on any atom is -0.442 e. The molecule has 4 aromatic heterocycles. The molecule has 4 aromatic carbocycles. The van der Waals surface area contributed by atoms with E-state index in [1.54, 1.807) is 118 Å². The van der Waals surface area contributed by atoms with Crippen LogP contribution in [-0.4, -0.2) is 57.0 Å². The number of carbonyl (C=O) groups excluding carboxylic acids is 2. The Kier molecular flexibility index (Phi) is 11.9. The van der Waals surface area contributed by atoms with Crippen LogP contribution in [0, 0.1) is 20.2 Å². The number of benzene rings is 4. The molecule has 8 rings (SSSR count). The summed E-state index contributed by atoms with van der Waals surface area (Å²) in [4.78, 5) is 69.8. The maximum absolute atomic E-state index is 14.4. The predicted molar refractivity (Wildman–Crippen MR) is 238 cm³/mol. The van der Waals surface area contributed by atoms with Crippen molar-refractivity contribution in [3.63, 3.8) is 0 Å². The summed E-state index contributed by atoms with van der Waals surface area (Å²) in [5, 5.41) is 27.7. The van der Waals surface area contributed by atoms with Crippen LogP contribution in [0.4, 0.5) is 27.5 Å². The van der Waals surface area contributed by atoms with Crippen LogP contribution >= 0.6 is 23.5 Å². The van der Waals surface area contributed by atoms with Crippen molar-refractivity contribution in [1.29, 1.82) is 0 Å². The van der Waals surface area contributed by atoms with Crippen LogP contribution in [0.3, 0.4) is 0 Å². The van der Waals surface area contributed by atoms with Gasteiger partial charge in [0.2, 0.25) is 6.41 Å². The average Bonchev–Trinajstić information content (AvgIpc) is 3.78. The highest BCUT2D eigenvalue weighted by molar-refractivity contribution is 8.00. The van der Waals surface area contributed by atoms with Crippen LogP contribution in [0.1, 0.15) is 31.9 Å². The number of anilines is 2. The lowest BCUT2D eigenvalue weighted by Gasteiger charge is -2.33. The number of nitro benzene ring substituents is 2. The molecule has 2 amide bonds. The second kappa shape index (κ2) is 17.8. The number of hydrogen-bond acceptors (Lipinski definition) is 13. The highest BCUT2D eigenvalue weighted by Crippen LogP contribution is 2.43. The van der Waals surface area contributed by atoms with Gasteiger partial charge in [0.1, 0.15) is 18.3 Å². The molecule has 316 valence electrons. The fourth-order valence-corrected chi connectivity index (χ4v) is 9.07. The average molecular weight is 881 g/mol. The summed E-state index contributed by atoms with van der Waals surface area (Å²) in [6.07, 6.45) is 13.0. The SMILES string of the molecule is CC(C)(C)OC(=O)N(c1ccc2c(Sc3ccccc3[N+](=O)[O-])cn(Cc3cncnc3)c2c1)N(C=O)c1ccc2c(Sc3ccccc3[N+](=O)[O-])cn(Cc3cncnc3)c2c1. The normalized spacial score (nSPS) is 11.4. The van der Waals surface area contributed by atoms with E-state index in [1.807, 2.05) is 21.5 Å². The molecule has 0 aliphatic heterocycles. The summed E-state index contributed by atoms with van der Waals surface area (Å²) >= 11 is 2.47. The first-order valence-corrected chi connectivity index (χ1v) is 20.8. The highest BCUT2D eigenvalue weighted by Gasteiger charge is 2.31. The zero-order valence-electron chi connectivity index (χ0n) is 33.8. The van der Waals surface area contributed by atoms with E-state index >= 15 is 0 Å². The number of amides is 2. The Morgan fingerprint density at radius 3 is 1.57 bits per heavy atom. The molecule has 0 saturated carbocycles. The van der Waals surface area contributed by atoms with E-state index in [0.29, 0.717) is 55.8 Å². The van der Waals surface area contributed by atoms with E-state index in [2.05, 4.69) is 19.9 Å². The van der Waals surface area contributed by atoms with Crippen molar-refractivity contribution >= 4 is 80.6 Å². The zero-order valence-corrected chi connectivity index (χ0v) is 35.5. The molecule has 0 aliphatic rings. The number of rotatable bonds is 14. The van der Waals surface area contributed by atoms with Gasteiger partial charge in [0, 0.05) is 81.0 Å². The Hall–Kier alpha value is -7.64. The molecule has 19 heteroatoms. The predicted octanol–water partition coefficient (Wildman–Crippen LogP) is 9.71. The Morgan fingerprint density at radius 1 is 0.683 bits per heavy atom. The molecule has 4 heterocycles. The summed E-state index contributed by atoms with van der Waals surface area (Å²) in [7, 11) is 0. The van der Waals surface area contributed by atoms with Crippen molar-refractivity contribution in [1.82, 2.24) is 29.1 Å². The first-order chi connectivity index (χ1) is 30.4. The summed E-state index contributed by atoms with van der Waals surface area (Å²) in [6, 6.07) is 23.4. The maximum atomic E-state index is 14.4. The van der Waals surface area contributed by atoms with Gasteiger partial charge >= 0.3 is 6.09 Å². The Balaban J connectivity index is 1.26. The molecule has 0 saturated heterocycles. The number of para-hydroxylation sites is 2. The van der Waals surface area contributed by atoms with Crippen molar-refractivity contribution in [3.8, 4) is 0 Å². The number of nitro groups is 2. The summed E-state index contributed by atoms with van der Waals surface area (Å²) in [6.45, 7) is 5.80. The van der Waals surface area contributed by atoms with Crippen LogP contribution in [0.2, 0.25) is 0 Å². The third kappa shape index (κ3) is 9.19. The standard InChI is InChI=1S/C44H36N10O7S2/c1-44(2,3)61-43(56)52(32-13-15-34-38(17-32)50(23-30-20-47-27-48-21-30)25-42(34)63-40-11-7-5-9-36(40)54(59)60)51(28-55)31-12-14-33-37(16-31)49(22-29-18-45-26-46-19-29)24-41(33)62-39-10-6-4-8-35(39)53(57)58/h4-21,24-28H,22-23H2,1-3H3. The van der Waals surface area contributed by atoms with E-state index < -0.39 is 21.5 Å². The van der Waals surface area contributed by atoms with E-state index in [-0.39, 0.29) is 17.1 Å². The van der Waals surface area contributed by atoms with E-state index in [9.17, 15) is 29.8 Å². The van der Waals surface area contributed by atoms with Gasteiger partial charge in [-0.15, -0.1) is 0 Å². The zero-order chi connectivity index (χ0) is 44.3. The number of ether oxygens (including phenoxy) is 1. The molecule has 0 spiro atoms. The fraction of sp³-hybridized carbons (Fsp3) is 0.136. The van der Waals surface area contributed by atoms with Crippen LogP contribution in [-0.2, 0) is 22.6 Å². The minimum atomic E-state index is -0.960. The Morgan fingerprint density at radius 2 is 1.13 bits per heavy atom. The van der Waals surface area contributed by atoms with Gasteiger partial charge in [-0.3, -0.25) is 25.0 Å². The molecule has 0 aliphatic carbocycles. The van der Waals surface area contributed by atoms with Gasteiger partial charge < -0.3 is 13.9 Å². The van der Waals surface area contributed by atoms with Crippen LogP contribution in [0.25, 0.3) is 21.8 Å². The first kappa shape index (κ1) is 42.1. The van der Waals surface area contributed by atoms with Crippen molar-refractivity contribution in [2.24, 2.45) is 0 Å². The van der Waals surface area contributed by atoms with Crippen molar-refractivity contribution in [3.05, 3.63) is 166 Å². The van der Waals surface area contributed by atoms with Gasteiger partial charge in [-0.1, -0.05) is 47.8 Å². The molecule has 0 N–H and O–H groups in total. The summed E-state index contributed by atoms with van der Waals surface area (Å²) in [5.74, 6) is 0. The lowest BCUT2D eigenvalue weighted by Crippen LogP contribution is -2.48. The molecule has 0 fully saturated rings. The first-order valence-electron chi connectivity index (χ1n) is 19.2. The fourth-order valence-electron chi connectivity index (χ4n) is 6.88. The molecule has 8 aromatic rings. The quantitative estimate of drug-likeness (QED) is 0.0569. The van der Waals surface area contributed by atoms with Gasteiger partial charge in [-0.2, -0.15) is 5.01 Å². The molecule has 0 radical (unpaired) electrons. The molecule has 17 nitrogen and oxygen atoms in total. The van der Waals surface area contributed by atoms with Gasteiger partial charge in [0.15, 0.2) is 0 Å². The largest absolute Gasteiger partial charge is 0.442 e. The monoisotopic (exact) mass is 880 g/mol. The second-order valence-electron chi connectivity index (χ2n) is 15.0. The van der Waals surface area contributed by atoms with Gasteiger partial charge in [-0.05, 0) is 69.3 Å². The van der Waals surface area contributed by atoms with Gasteiger partial charge in [0.25, 0.3) is 11.4 Å². The number of aromatic nitrogens is 6.